The molecule has 2 heterocycles. The molecule has 0 spiro atoms. The van der Waals surface area contributed by atoms with Crippen LogP contribution in [0.25, 0.3) is 11.1 Å². The molecule has 6 nitrogen and oxygen atoms in total. The van der Waals surface area contributed by atoms with Gasteiger partial charge in [-0.05, 0) is 99.4 Å². The maximum Gasteiger partial charge on any atom is 0.122 e. The molecule has 0 saturated carbocycles. The highest BCUT2D eigenvalue weighted by Gasteiger charge is 2.20. The molecule has 2 aromatic rings. The minimum atomic E-state index is -0.158. The van der Waals surface area contributed by atoms with Crippen LogP contribution in [0.4, 0.5) is 0 Å². The van der Waals surface area contributed by atoms with Crippen molar-refractivity contribution in [2.24, 2.45) is 0 Å². The number of aliphatic hydroxyl groups is 2. The number of rotatable bonds is 13. The molecule has 2 aliphatic heterocycles. The quantitative estimate of drug-likeness (QED) is 0.400. The largest absolute Gasteiger partial charge is 0.494 e. The van der Waals surface area contributed by atoms with Crippen molar-refractivity contribution in [1.29, 1.82) is 0 Å². The van der Waals surface area contributed by atoms with E-state index in [2.05, 4.69) is 60.0 Å². The van der Waals surface area contributed by atoms with Gasteiger partial charge in [0, 0.05) is 32.7 Å². The lowest BCUT2D eigenvalue weighted by molar-refractivity contribution is 0.173. The van der Waals surface area contributed by atoms with E-state index in [1.54, 1.807) is 0 Å². The van der Waals surface area contributed by atoms with Gasteiger partial charge >= 0.3 is 0 Å². The molecule has 2 saturated heterocycles. The first-order valence-corrected chi connectivity index (χ1v) is 13.8. The van der Waals surface area contributed by atoms with E-state index in [4.69, 9.17) is 9.47 Å². The van der Waals surface area contributed by atoms with Gasteiger partial charge in [-0.3, -0.25) is 0 Å². The summed E-state index contributed by atoms with van der Waals surface area (Å²) >= 11 is 0. The van der Waals surface area contributed by atoms with Crippen LogP contribution in [0.2, 0.25) is 0 Å². The SMILES string of the molecule is Cc1cc(OCCCN2CC[C@@H](O)C2)ccc1-c1cccc(OCCCCCN2CC[C@@H](O)C2)c1C. The zero-order valence-electron chi connectivity index (χ0n) is 22.1. The van der Waals surface area contributed by atoms with Crippen LogP contribution in [-0.4, -0.2) is 84.7 Å². The molecule has 2 atom stereocenters. The fourth-order valence-electron chi connectivity index (χ4n) is 5.40. The second-order valence-electron chi connectivity index (χ2n) is 10.5. The van der Waals surface area contributed by atoms with Gasteiger partial charge in [0.1, 0.15) is 11.5 Å². The number of hydrogen-bond donors (Lipinski definition) is 2. The second kappa shape index (κ2) is 13.4. The number of benzene rings is 2. The Bertz CT molecular complexity index is 966. The van der Waals surface area contributed by atoms with Crippen molar-refractivity contribution in [1.82, 2.24) is 9.80 Å². The molecule has 6 heteroatoms. The Morgan fingerprint density at radius 3 is 2.14 bits per heavy atom. The number of unbranched alkanes of at least 4 members (excludes halogenated alkanes) is 2. The molecular formula is C30H44N2O4. The van der Waals surface area contributed by atoms with E-state index in [-0.39, 0.29) is 12.2 Å². The molecule has 0 bridgehead atoms. The minimum absolute atomic E-state index is 0.128. The number of nitrogens with zero attached hydrogens (tertiary/aromatic N) is 2. The molecule has 2 aliphatic rings. The Hall–Kier alpha value is -2.12. The number of likely N-dealkylation sites (tertiary alicyclic amines) is 2. The van der Waals surface area contributed by atoms with Crippen LogP contribution >= 0.6 is 0 Å². The molecule has 4 rings (SSSR count). The van der Waals surface area contributed by atoms with Gasteiger partial charge in [-0.25, -0.2) is 0 Å². The van der Waals surface area contributed by atoms with Crippen LogP contribution in [0.3, 0.4) is 0 Å². The third-order valence-corrected chi connectivity index (χ3v) is 7.53. The third-order valence-electron chi connectivity index (χ3n) is 7.53. The van der Waals surface area contributed by atoms with Gasteiger partial charge in [0.15, 0.2) is 0 Å². The van der Waals surface area contributed by atoms with Crippen molar-refractivity contribution in [2.45, 2.75) is 64.6 Å². The van der Waals surface area contributed by atoms with Crippen LogP contribution in [-0.2, 0) is 0 Å². The molecule has 0 amide bonds. The number of aryl methyl sites for hydroxylation is 1. The zero-order chi connectivity index (χ0) is 25.3. The predicted molar refractivity (Wildman–Crippen MR) is 145 cm³/mol. The third kappa shape index (κ3) is 7.69. The first-order chi connectivity index (χ1) is 17.5. The fourth-order valence-corrected chi connectivity index (χ4v) is 5.40. The maximum atomic E-state index is 9.65. The van der Waals surface area contributed by atoms with Gasteiger partial charge in [-0.15, -0.1) is 0 Å². The summed E-state index contributed by atoms with van der Waals surface area (Å²) < 4.78 is 12.2. The molecule has 0 radical (unpaired) electrons. The standard InChI is InChI=1S/C30H44N2O4/c1-23-20-27(35-19-7-15-32-17-13-26(34)22-32)10-11-28(23)29-8-6-9-30(24(29)2)36-18-5-3-4-14-31-16-12-25(33)21-31/h6,8-11,20,25-26,33-34H,3-5,7,12-19,21-22H2,1-2H3/t25-,26-/m1/s1. The molecule has 2 aromatic carbocycles. The van der Waals surface area contributed by atoms with Crippen LogP contribution < -0.4 is 9.47 Å². The van der Waals surface area contributed by atoms with Crippen LogP contribution in [0, 0.1) is 13.8 Å². The fraction of sp³-hybridized carbons (Fsp3) is 0.600. The van der Waals surface area contributed by atoms with Gasteiger partial charge in [0.25, 0.3) is 0 Å². The summed E-state index contributed by atoms with van der Waals surface area (Å²) in [6, 6.07) is 12.7. The number of hydrogen-bond acceptors (Lipinski definition) is 6. The summed E-state index contributed by atoms with van der Waals surface area (Å²) in [7, 11) is 0. The summed E-state index contributed by atoms with van der Waals surface area (Å²) in [5.74, 6) is 1.87. The van der Waals surface area contributed by atoms with Crippen molar-refractivity contribution in [3.05, 3.63) is 47.5 Å². The first-order valence-electron chi connectivity index (χ1n) is 13.8. The van der Waals surface area contributed by atoms with Crippen molar-refractivity contribution in [3.8, 4) is 22.6 Å². The molecule has 0 unspecified atom stereocenters. The summed E-state index contributed by atoms with van der Waals surface area (Å²) in [5, 5.41) is 19.3. The lowest BCUT2D eigenvalue weighted by atomic mass is 9.96. The van der Waals surface area contributed by atoms with Crippen molar-refractivity contribution < 1.29 is 19.7 Å². The van der Waals surface area contributed by atoms with Crippen LogP contribution in [0.5, 0.6) is 11.5 Å². The van der Waals surface area contributed by atoms with Gasteiger partial charge in [0.2, 0.25) is 0 Å². The van der Waals surface area contributed by atoms with E-state index in [0.717, 1.165) is 95.9 Å². The van der Waals surface area contributed by atoms with E-state index >= 15 is 0 Å². The monoisotopic (exact) mass is 496 g/mol. The Kier molecular flexibility index (Phi) is 10.0. The van der Waals surface area contributed by atoms with Crippen LogP contribution in [0.1, 0.15) is 49.7 Å². The van der Waals surface area contributed by atoms with E-state index in [1.165, 1.54) is 22.3 Å². The first kappa shape index (κ1) is 26.9. The summed E-state index contributed by atoms with van der Waals surface area (Å²) in [5.41, 5.74) is 4.79. The summed E-state index contributed by atoms with van der Waals surface area (Å²) in [6.07, 6.45) is 5.83. The van der Waals surface area contributed by atoms with E-state index in [9.17, 15) is 10.2 Å². The lowest BCUT2D eigenvalue weighted by Gasteiger charge is -2.17. The number of β-amino-alcohol motifs (C(OH)–C–C–N with tert-alkyl or cyclic N) is 2. The summed E-state index contributed by atoms with van der Waals surface area (Å²) in [6.45, 7) is 11.4. The average Bonchev–Trinajstić information content (AvgIpc) is 3.47. The smallest absolute Gasteiger partial charge is 0.122 e. The Morgan fingerprint density at radius 1 is 0.778 bits per heavy atom. The van der Waals surface area contributed by atoms with E-state index in [1.807, 2.05) is 0 Å². The minimum Gasteiger partial charge on any atom is -0.494 e. The molecule has 2 fully saturated rings. The molecule has 2 N–H and O–H groups in total. The molecular weight excluding hydrogens is 452 g/mol. The van der Waals surface area contributed by atoms with Crippen molar-refractivity contribution in [2.75, 3.05) is 52.5 Å². The van der Waals surface area contributed by atoms with Gasteiger partial charge in [-0.1, -0.05) is 18.2 Å². The van der Waals surface area contributed by atoms with Crippen LogP contribution in [0.15, 0.2) is 36.4 Å². The average molecular weight is 497 g/mol. The second-order valence-corrected chi connectivity index (χ2v) is 10.5. The van der Waals surface area contributed by atoms with Gasteiger partial charge < -0.3 is 29.5 Å². The van der Waals surface area contributed by atoms with E-state index in [0.29, 0.717) is 6.61 Å². The number of ether oxygens (including phenoxy) is 2. The number of aliphatic hydroxyl groups excluding tert-OH is 2. The van der Waals surface area contributed by atoms with E-state index < -0.39 is 0 Å². The Balaban J connectivity index is 1.22. The highest BCUT2D eigenvalue weighted by atomic mass is 16.5. The molecule has 0 aromatic heterocycles. The van der Waals surface area contributed by atoms with Crippen molar-refractivity contribution in [3.63, 3.8) is 0 Å². The van der Waals surface area contributed by atoms with Gasteiger partial charge in [0.05, 0.1) is 25.4 Å². The lowest BCUT2D eigenvalue weighted by Crippen LogP contribution is -2.24. The molecule has 36 heavy (non-hydrogen) atoms. The topological polar surface area (TPSA) is 65.4 Å². The summed E-state index contributed by atoms with van der Waals surface area (Å²) in [4.78, 5) is 4.67. The predicted octanol–water partition coefficient (Wildman–Crippen LogP) is 4.42. The highest BCUT2D eigenvalue weighted by molar-refractivity contribution is 5.73. The Morgan fingerprint density at radius 2 is 1.47 bits per heavy atom. The molecule has 0 aliphatic carbocycles. The molecule has 198 valence electrons. The highest BCUT2D eigenvalue weighted by Crippen LogP contribution is 2.33. The zero-order valence-corrected chi connectivity index (χ0v) is 22.1. The maximum absolute atomic E-state index is 9.65. The van der Waals surface area contributed by atoms with Gasteiger partial charge in [-0.2, -0.15) is 0 Å². The Labute approximate surface area is 216 Å². The normalized spacial score (nSPS) is 20.8. The van der Waals surface area contributed by atoms with Crippen molar-refractivity contribution >= 4 is 0 Å².